The van der Waals surface area contributed by atoms with E-state index in [1.807, 2.05) is 0 Å². The molecule has 0 amide bonds. The number of hydrogen-bond acceptors (Lipinski definition) is 3. The quantitative estimate of drug-likeness (QED) is 0.342. The van der Waals surface area contributed by atoms with Crippen molar-refractivity contribution in [3.05, 3.63) is 48.0 Å². The van der Waals surface area contributed by atoms with Crippen molar-refractivity contribution in [3.63, 3.8) is 0 Å². The predicted molar refractivity (Wildman–Crippen MR) is 112 cm³/mol. The Morgan fingerprint density at radius 3 is 2.63 bits per heavy atom. The van der Waals surface area contributed by atoms with Crippen molar-refractivity contribution < 1.29 is 0 Å². The first-order valence-electron chi connectivity index (χ1n) is 10.3. The van der Waals surface area contributed by atoms with E-state index in [1.54, 1.807) is 6.33 Å². The lowest BCUT2D eigenvalue weighted by Crippen LogP contribution is -2.40. The van der Waals surface area contributed by atoms with Gasteiger partial charge in [0, 0.05) is 32.6 Å². The third-order valence-electron chi connectivity index (χ3n) is 4.49. The van der Waals surface area contributed by atoms with Gasteiger partial charge >= 0.3 is 0 Å². The van der Waals surface area contributed by atoms with E-state index < -0.39 is 0 Å². The van der Waals surface area contributed by atoms with E-state index in [2.05, 4.69) is 69.6 Å². The van der Waals surface area contributed by atoms with Crippen LogP contribution in [0.15, 0.2) is 41.7 Å². The van der Waals surface area contributed by atoms with E-state index in [1.165, 1.54) is 24.8 Å². The van der Waals surface area contributed by atoms with E-state index >= 15 is 0 Å². The third kappa shape index (κ3) is 8.24. The molecule has 0 fully saturated rings. The third-order valence-corrected chi connectivity index (χ3v) is 4.49. The Labute approximate surface area is 163 Å². The fraction of sp³-hybridized carbons (Fsp3) is 0.571. The van der Waals surface area contributed by atoms with E-state index in [-0.39, 0.29) is 0 Å². The number of nitrogens with zero attached hydrogens (tertiary/aromatic N) is 4. The molecule has 1 heterocycles. The number of aryl methyl sites for hydroxylation is 1. The molecule has 0 atom stereocenters. The largest absolute Gasteiger partial charge is 0.356 e. The zero-order chi connectivity index (χ0) is 19.2. The summed E-state index contributed by atoms with van der Waals surface area (Å²) in [6.07, 6.45) is 8.61. The van der Waals surface area contributed by atoms with Crippen LogP contribution in [0.5, 0.6) is 0 Å². The molecule has 0 saturated heterocycles. The molecule has 6 nitrogen and oxygen atoms in total. The summed E-state index contributed by atoms with van der Waals surface area (Å²) in [5, 5.41) is 15.0. The van der Waals surface area contributed by atoms with Gasteiger partial charge in [0.1, 0.15) is 12.2 Å². The number of aromatic nitrogens is 3. The van der Waals surface area contributed by atoms with Crippen LogP contribution in [-0.4, -0.2) is 40.4 Å². The van der Waals surface area contributed by atoms with Crippen LogP contribution in [0.3, 0.4) is 0 Å². The Morgan fingerprint density at radius 1 is 1.04 bits per heavy atom. The first kappa shape index (κ1) is 20.9. The second kappa shape index (κ2) is 12.9. The van der Waals surface area contributed by atoms with Gasteiger partial charge in [-0.25, -0.2) is 0 Å². The van der Waals surface area contributed by atoms with Gasteiger partial charge in [0.2, 0.25) is 0 Å². The van der Waals surface area contributed by atoms with Crippen molar-refractivity contribution in [1.82, 2.24) is 25.4 Å². The zero-order valence-corrected chi connectivity index (χ0v) is 16.8. The minimum Gasteiger partial charge on any atom is -0.356 e. The molecule has 27 heavy (non-hydrogen) atoms. The minimum atomic E-state index is 0.803. The van der Waals surface area contributed by atoms with Gasteiger partial charge in [-0.2, -0.15) is 0 Å². The highest BCUT2D eigenvalue weighted by atomic mass is 15.3. The molecule has 0 unspecified atom stereocenters. The molecule has 0 aliphatic rings. The van der Waals surface area contributed by atoms with Crippen LogP contribution in [0.4, 0.5) is 0 Å². The average molecular weight is 371 g/mol. The molecule has 0 spiro atoms. The van der Waals surface area contributed by atoms with Gasteiger partial charge in [0.25, 0.3) is 0 Å². The summed E-state index contributed by atoms with van der Waals surface area (Å²) in [5.74, 6) is 1.92. The van der Waals surface area contributed by atoms with Gasteiger partial charge in [0.05, 0.1) is 0 Å². The lowest BCUT2D eigenvalue weighted by molar-refractivity contribution is 0.628. The summed E-state index contributed by atoms with van der Waals surface area (Å²) in [6.45, 7) is 7.72. The van der Waals surface area contributed by atoms with Crippen LogP contribution in [0.2, 0.25) is 0 Å². The standard InChI is InChI=1S/C21H34N6/c1-3-5-6-10-14-22-21(23-15-13-19-11-8-7-9-12-19)24-16-17-27-18-25-26-20(27)4-2/h7-9,11-12,18H,3-6,10,13-17H2,1-2H3,(H2,22,23,24). The number of unbranched alkanes of at least 4 members (excludes halogenated alkanes) is 3. The number of rotatable bonds is 12. The molecule has 148 valence electrons. The van der Waals surface area contributed by atoms with Gasteiger partial charge in [0.15, 0.2) is 5.96 Å². The molecule has 1 aromatic carbocycles. The van der Waals surface area contributed by atoms with Crippen molar-refractivity contribution >= 4 is 5.96 Å². The van der Waals surface area contributed by atoms with Gasteiger partial charge in [-0.05, 0) is 18.4 Å². The monoisotopic (exact) mass is 370 g/mol. The molecule has 2 aromatic rings. The number of hydrogen-bond donors (Lipinski definition) is 2. The number of aliphatic imine (C=N–C) groups is 1. The molecule has 0 saturated carbocycles. The van der Waals surface area contributed by atoms with Gasteiger partial charge in [-0.3, -0.25) is 4.99 Å². The topological polar surface area (TPSA) is 67.1 Å². The Balaban J connectivity index is 1.79. The molecule has 6 heteroatoms. The van der Waals surface area contributed by atoms with Crippen molar-refractivity contribution in [3.8, 4) is 0 Å². The molecule has 2 rings (SSSR count). The summed E-state index contributed by atoms with van der Waals surface area (Å²) in [4.78, 5) is 4.74. The number of benzene rings is 1. The Morgan fingerprint density at radius 2 is 1.85 bits per heavy atom. The second-order valence-corrected chi connectivity index (χ2v) is 6.67. The Kier molecular flexibility index (Phi) is 10.0. The normalized spacial score (nSPS) is 11.6. The second-order valence-electron chi connectivity index (χ2n) is 6.67. The molecular formula is C21H34N6. The zero-order valence-electron chi connectivity index (χ0n) is 16.8. The highest BCUT2D eigenvalue weighted by Gasteiger charge is 2.03. The summed E-state index contributed by atoms with van der Waals surface area (Å²) < 4.78 is 2.09. The van der Waals surface area contributed by atoms with Crippen molar-refractivity contribution in [2.24, 2.45) is 4.99 Å². The maximum atomic E-state index is 4.74. The summed E-state index contributed by atoms with van der Waals surface area (Å²) in [6, 6.07) is 10.5. The van der Waals surface area contributed by atoms with E-state index in [0.717, 1.165) is 57.2 Å². The van der Waals surface area contributed by atoms with Crippen LogP contribution < -0.4 is 10.6 Å². The molecular weight excluding hydrogens is 336 g/mol. The molecule has 2 N–H and O–H groups in total. The Bertz CT molecular complexity index is 650. The fourth-order valence-corrected chi connectivity index (χ4v) is 2.91. The molecule has 1 aromatic heterocycles. The van der Waals surface area contributed by atoms with Crippen molar-refractivity contribution in [2.45, 2.75) is 58.9 Å². The number of nitrogens with one attached hydrogen (secondary N) is 2. The maximum Gasteiger partial charge on any atom is 0.191 e. The predicted octanol–water partition coefficient (Wildman–Crippen LogP) is 3.20. The van der Waals surface area contributed by atoms with Crippen LogP contribution in [0.1, 0.15) is 50.9 Å². The lowest BCUT2D eigenvalue weighted by Gasteiger charge is -2.13. The van der Waals surface area contributed by atoms with Gasteiger partial charge < -0.3 is 15.2 Å². The molecule has 0 aliphatic heterocycles. The lowest BCUT2D eigenvalue weighted by atomic mass is 10.1. The Hall–Kier alpha value is -2.37. The van der Waals surface area contributed by atoms with E-state index in [0.29, 0.717) is 0 Å². The van der Waals surface area contributed by atoms with Gasteiger partial charge in [-0.15, -0.1) is 10.2 Å². The van der Waals surface area contributed by atoms with E-state index in [9.17, 15) is 0 Å². The smallest absolute Gasteiger partial charge is 0.191 e. The number of guanidine groups is 1. The first-order chi connectivity index (χ1) is 13.3. The summed E-state index contributed by atoms with van der Waals surface area (Å²) in [5.41, 5.74) is 1.34. The molecule has 0 bridgehead atoms. The molecule has 0 aliphatic carbocycles. The first-order valence-corrected chi connectivity index (χ1v) is 10.3. The van der Waals surface area contributed by atoms with Crippen molar-refractivity contribution in [2.75, 3.05) is 19.6 Å². The SMILES string of the molecule is CCCCCCN=C(NCCc1ccccc1)NCCn1cnnc1CC. The minimum absolute atomic E-state index is 0.803. The van der Waals surface area contributed by atoms with Crippen LogP contribution >= 0.6 is 0 Å². The fourth-order valence-electron chi connectivity index (χ4n) is 2.91. The summed E-state index contributed by atoms with van der Waals surface area (Å²) in [7, 11) is 0. The highest BCUT2D eigenvalue weighted by molar-refractivity contribution is 5.79. The summed E-state index contributed by atoms with van der Waals surface area (Å²) >= 11 is 0. The highest BCUT2D eigenvalue weighted by Crippen LogP contribution is 2.00. The van der Waals surface area contributed by atoms with Crippen LogP contribution in [0.25, 0.3) is 0 Å². The average Bonchev–Trinajstić information content (AvgIpc) is 3.15. The van der Waals surface area contributed by atoms with Gasteiger partial charge in [-0.1, -0.05) is 63.4 Å². The maximum absolute atomic E-state index is 4.74. The van der Waals surface area contributed by atoms with Crippen LogP contribution in [0, 0.1) is 0 Å². The van der Waals surface area contributed by atoms with Crippen molar-refractivity contribution in [1.29, 1.82) is 0 Å². The van der Waals surface area contributed by atoms with Crippen LogP contribution in [-0.2, 0) is 19.4 Å². The molecule has 0 radical (unpaired) electrons. The van der Waals surface area contributed by atoms with E-state index in [4.69, 9.17) is 4.99 Å².